The molecule has 0 spiro atoms. The SMILES string of the molecule is CNCC(c1ccc2c(c1)CCCO2)C(C)C. The monoisotopic (exact) mass is 233 g/mol. The quantitative estimate of drug-likeness (QED) is 0.863. The molecule has 17 heavy (non-hydrogen) atoms. The third kappa shape index (κ3) is 2.81. The minimum absolute atomic E-state index is 0.590. The van der Waals surface area contributed by atoms with Crippen molar-refractivity contribution in [2.24, 2.45) is 5.92 Å². The number of hydrogen-bond donors (Lipinski definition) is 1. The zero-order valence-electron chi connectivity index (χ0n) is 11.1. The maximum absolute atomic E-state index is 5.66. The van der Waals surface area contributed by atoms with Crippen molar-refractivity contribution in [1.29, 1.82) is 0 Å². The average Bonchev–Trinajstić information content (AvgIpc) is 2.35. The molecule has 1 aromatic rings. The van der Waals surface area contributed by atoms with Crippen LogP contribution in [-0.2, 0) is 6.42 Å². The Hall–Kier alpha value is -1.02. The molecule has 1 N–H and O–H groups in total. The van der Waals surface area contributed by atoms with Crippen LogP contribution in [0.5, 0.6) is 5.75 Å². The van der Waals surface area contributed by atoms with Crippen LogP contribution in [0.15, 0.2) is 18.2 Å². The van der Waals surface area contributed by atoms with Gasteiger partial charge in [-0.05, 0) is 48.9 Å². The Morgan fingerprint density at radius 2 is 2.18 bits per heavy atom. The van der Waals surface area contributed by atoms with E-state index >= 15 is 0 Å². The van der Waals surface area contributed by atoms with E-state index in [1.807, 2.05) is 7.05 Å². The van der Waals surface area contributed by atoms with E-state index < -0.39 is 0 Å². The first kappa shape index (κ1) is 12.4. The van der Waals surface area contributed by atoms with Crippen LogP contribution in [0.3, 0.4) is 0 Å². The highest BCUT2D eigenvalue weighted by atomic mass is 16.5. The fraction of sp³-hybridized carbons (Fsp3) is 0.600. The van der Waals surface area contributed by atoms with Gasteiger partial charge in [-0.2, -0.15) is 0 Å². The van der Waals surface area contributed by atoms with Gasteiger partial charge in [-0.3, -0.25) is 0 Å². The molecule has 1 unspecified atom stereocenters. The van der Waals surface area contributed by atoms with Crippen LogP contribution < -0.4 is 10.1 Å². The summed E-state index contributed by atoms with van der Waals surface area (Å²) in [5, 5.41) is 3.30. The molecule has 1 aromatic carbocycles. The van der Waals surface area contributed by atoms with Crippen LogP contribution in [0, 0.1) is 5.92 Å². The van der Waals surface area contributed by atoms with E-state index in [1.54, 1.807) is 0 Å². The maximum Gasteiger partial charge on any atom is 0.122 e. The standard InChI is InChI=1S/C15H23NO/c1-11(2)14(10-16-3)12-6-7-15-13(9-12)5-4-8-17-15/h6-7,9,11,14,16H,4-5,8,10H2,1-3H3. The normalized spacial score (nSPS) is 16.5. The van der Waals surface area contributed by atoms with E-state index in [4.69, 9.17) is 4.74 Å². The third-order valence-corrected chi connectivity index (χ3v) is 3.59. The van der Waals surface area contributed by atoms with Crippen molar-refractivity contribution < 1.29 is 4.74 Å². The molecule has 94 valence electrons. The van der Waals surface area contributed by atoms with E-state index in [2.05, 4.69) is 37.4 Å². The number of hydrogen-bond acceptors (Lipinski definition) is 2. The first-order chi connectivity index (χ1) is 8.22. The Bertz CT molecular complexity index is 373. The molecule has 0 saturated heterocycles. The maximum atomic E-state index is 5.66. The molecule has 0 amide bonds. The average molecular weight is 233 g/mol. The first-order valence-electron chi connectivity index (χ1n) is 6.62. The summed E-state index contributed by atoms with van der Waals surface area (Å²) in [6, 6.07) is 6.72. The summed E-state index contributed by atoms with van der Waals surface area (Å²) in [6.07, 6.45) is 2.31. The number of fused-ring (bicyclic) bond motifs is 1. The van der Waals surface area contributed by atoms with Gasteiger partial charge >= 0.3 is 0 Å². The minimum Gasteiger partial charge on any atom is -0.493 e. The van der Waals surface area contributed by atoms with E-state index in [-0.39, 0.29) is 0 Å². The fourth-order valence-electron chi connectivity index (χ4n) is 2.57. The lowest BCUT2D eigenvalue weighted by atomic mass is 9.86. The van der Waals surface area contributed by atoms with Crippen LogP contribution in [0.2, 0.25) is 0 Å². The second-order valence-electron chi connectivity index (χ2n) is 5.23. The Labute approximate surface area is 104 Å². The number of likely N-dealkylation sites (N-methyl/N-ethyl adjacent to an activating group) is 1. The molecule has 0 bridgehead atoms. The van der Waals surface area contributed by atoms with Crippen molar-refractivity contribution in [3.63, 3.8) is 0 Å². The molecule has 2 rings (SSSR count). The van der Waals surface area contributed by atoms with Crippen LogP contribution in [0.4, 0.5) is 0 Å². The van der Waals surface area contributed by atoms with Gasteiger partial charge < -0.3 is 10.1 Å². The molecule has 0 aliphatic carbocycles. The Morgan fingerprint density at radius 3 is 2.88 bits per heavy atom. The summed E-state index contributed by atoms with van der Waals surface area (Å²) in [5.41, 5.74) is 2.83. The zero-order chi connectivity index (χ0) is 12.3. The molecule has 1 aliphatic heterocycles. The van der Waals surface area contributed by atoms with Crippen LogP contribution in [-0.4, -0.2) is 20.2 Å². The molecular formula is C15H23NO. The molecule has 1 heterocycles. The Balaban J connectivity index is 2.25. The van der Waals surface area contributed by atoms with Gasteiger partial charge in [0.15, 0.2) is 0 Å². The summed E-state index contributed by atoms with van der Waals surface area (Å²) in [7, 11) is 2.02. The van der Waals surface area contributed by atoms with E-state index in [0.717, 1.165) is 31.7 Å². The molecule has 2 nitrogen and oxygen atoms in total. The van der Waals surface area contributed by atoms with Crippen molar-refractivity contribution >= 4 is 0 Å². The molecule has 0 radical (unpaired) electrons. The molecular weight excluding hydrogens is 210 g/mol. The summed E-state index contributed by atoms with van der Waals surface area (Å²) in [6.45, 7) is 6.49. The van der Waals surface area contributed by atoms with Gasteiger partial charge in [0.2, 0.25) is 0 Å². The number of benzene rings is 1. The van der Waals surface area contributed by atoms with Crippen LogP contribution >= 0.6 is 0 Å². The number of nitrogens with one attached hydrogen (secondary N) is 1. The topological polar surface area (TPSA) is 21.3 Å². The second kappa shape index (κ2) is 5.54. The predicted octanol–water partition coefficient (Wildman–Crippen LogP) is 2.97. The van der Waals surface area contributed by atoms with E-state index in [1.165, 1.54) is 11.1 Å². The molecule has 2 heteroatoms. The molecule has 0 saturated carbocycles. The van der Waals surface area contributed by atoms with Gasteiger partial charge in [0.05, 0.1) is 6.61 Å². The second-order valence-corrected chi connectivity index (χ2v) is 5.23. The molecule has 1 aliphatic rings. The number of aryl methyl sites for hydroxylation is 1. The van der Waals surface area contributed by atoms with Crippen LogP contribution in [0.1, 0.15) is 37.3 Å². The fourth-order valence-corrected chi connectivity index (χ4v) is 2.57. The van der Waals surface area contributed by atoms with Gasteiger partial charge in [0.1, 0.15) is 5.75 Å². The van der Waals surface area contributed by atoms with Gasteiger partial charge in [0, 0.05) is 6.54 Å². The highest BCUT2D eigenvalue weighted by Gasteiger charge is 2.18. The van der Waals surface area contributed by atoms with E-state index in [9.17, 15) is 0 Å². The van der Waals surface area contributed by atoms with Crippen molar-refractivity contribution in [3.8, 4) is 5.75 Å². The third-order valence-electron chi connectivity index (χ3n) is 3.59. The molecule has 0 aromatic heterocycles. The number of rotatable bonds is 4. The summed E-state index contributed by atoms with van der Waals surface area (Å²) < 4.78 is 5.66. The predicted molar refractivity (Wildman–Crippen MR) is 71.8 cm³/mol. The van der Waals surface area contributed by atoms with Gasteiger partial charge in [-0.1, -0.05) is 26.0 Å². The van der Waals surface area contributed by atoms with Crippen LogP contribution in [0.25, 0.3) is 0 Å². The zero-order valence-corrected chi connectivity index (χ0v) is 11.1. The van der Waals surface area contributed by atoms with Crippen molar-refractivity contribution in [3.05, 3.63) is 29.3 Å². The lowest BCUT2D eigenvalue weighted by molar-refractivity contribution is 0.288. The minimum atomic E-state index is 0.590. The summed E-state index contributed by atoms with van der Waals surface area (Å²) in [4.78, 5) is 0. The van der Waals surface area contributed by atoms with Crippen molar-refractivity contribution in [2.45, 2.75) is 32.6 Å². The van der Waals surface area contributed by atoms with Gasteiger partial charge in [-0.15, -0.1) is 0 Å². The molecule has 1 atom stereocenters. The lowest BCUT2D eigenvalue weighted by Gasteiger charge is -2.24. The summed E-state index contributed by atoms with van der Waals surface area (Å²) in [5.74, 6) is 2.34. The lowest BCUT2D eigenvalue weighted by Crippen LogP contribution is -2.21. The van der Waals surface area contributed by atoms with Gasteiger partial charge in [-0.25, -0.2) is 0 Å². The largest absolute Gasteiger partial charge is 0.493 e. The van der Waals surface area contributed by atoms with E-state index in [0.29, 0.717) is 11.8 Å². The van der Waals surface area contributed by atoms with Crippen molar-refractivity contribution in [1.82, 2.24) is 5.32 Å². The highest BCUT2D eigenvalue weighted by Crippen LogP contribution is 2.31. The highest BCUT2D eigenvalue weighted by molar-refractivity contribution is 5.40. The van der Waals surface area contributed by atoms with Gasteiger partial charge in [0.25, 0.3) is 0 Å². The Kier molecular flexibility index (Phi) is 4.06. The summed E-state index contributed by atoms with van der Waals surface area (Å²) >= 11 is 0. The smallest absolute Gasteiger partial charge is 0.122 e. The number of ether oxygens (including phenoxy) is 1. The first-order valence-corrected chi connectivity index (χ1v) is 6.62. The van der Waals surface area contributed by atoms with Crippen molar-refractivity contribution in [2.75, 3.05) is 20.2 Å². The molecule has 0 fully saturated rings. The Morgan fingerprint density at radius 1 is 1.35 bits per heavy atom.